The molecule has 0 radical (unpaired) electrons. The van der Waals surface area contributed by atoms with Gasteiger partial charge in [-0.15, -0.1) is 11.3 Å². The summed E-state index contributed by atoms with van der Waals surface area (Å²) in [7, 11) is 0. The molecule has 6 nitrogen and oxygen atoms in total. The van der Waals surface area contributed by atoms with E-state index in [1.165, 1.54) is 29.6 Å². The number of carbonyl (C=O) groups excluding carboxylic acids is 3. The van der Waals surface area contributed by atoms with Crippen molar-refractivity contribution in [1.82, 2.24) is 4.98 Å². The Morgan fingerprint density at radius 2 is 1.96 bits per heavy atom. The second-order valence-electron chi connectivity index (χ2n) is 5.33. The van der Waals surface area contributed by atoms with E-state index in [-0.39, 0.29) is 30.4 Å². The lowest BCUT2D eigenvalue weighted by Crippen LogP contribution is -2.12. The van der Waals surface area contributed by atoms with Crippen LogP contribution < -0.4 is 10.6 Å². The highest BCUT2D eigenvalue weighted by Crippen LogP contribution is 2.28. The number of thiophene rings is 1. The number of aromatic nitrogens is 1. The minimum absolute atomic E-state index is 0.0330. The van der Waals surface area contributed by atoms with Gasteiger partial charge in [-0.25, -0.2) is 4.98 Å². The molecule has 8 heteroatoms. The Kier molecular flexibility index (Phi) is 5.20. The molecule has 0 bridgehead atoms. The number of thiazole rings is 1. The highest BCUT2D eigenvalue weighted by atomic mass is 32.1. The number of ketones is 1. The van der Waals surface area contributed by atoms with E-state index in [0.717, 1.165) is 10.2 Å². The zero-order chi connectivity index (χ0) is 17.8. The molecule has 0 unspecified atom stereocenters. The largest absolute Gasteiger partial charge is 0.326 e. The van der Waals surface area contributed by atoms with Crippen molar-refractivity contribution in [2.24, 2.45) is 0 Å². The number of carbonyl (C=O) groups is 3. The van der Waals surface area contributed by atoms with Gasteiger partial charge in [0, 0.05) is 25.5 Å². The van der Waals surface area contributed by atoms with Crippen LogP contribution in [0.1, 0.15) is 29.4 Å². The van der Waals surface area contributed by atoms with E-state index in [0.29, 0.717) is 15.7 Å². The van der Waals surface area contributed by atoms with Crippen molar-refractivity contribution < 1.29 is 14.4 Å². The quantitative estimate of drug-likeness (QED) is 0.641. The summed E-state index contributed by atoms with van der Waals surface area (Å²) in [4.78, 5) is 40.0. The molecular weight excluding hydrogens is 358 g/mol. The Balaban J connectivity index is 1.61. The number of benzene rings is 1. The number of rotatable bonds is 6. The van der Waals surface area contributed by atoms with E-state index < -0.39 is 0 Å². The molecule has 1 aromatic carbocycles. The molecule has 2 N–H and O–H groups in total. The first-order valence-corrected chi connectivity index (χ1v) is 9.25. The molecule has 25 heavy (non-hydrogen) atoms. The molecule has 0 saturated carbocycles. The van der Waals surface area contributed by atoms with Crippen molar-refractivity contribution in [3.05, 3.63) is 40.6 Å². The SMILES string of the molecule is CC(=O)Nc1ccc2nc(NC(=O)CCC(=O)c3cccs3)sc2c1. The summed E-state index contributed by atoms with van der Waals surface area (Å²) in [5.41, 5.74) is 1.42. The molecule has 0 aliphatic rings. The third-order valence-corrected chi connectivity index (χ3v) is 5.17. The van der Waals surface area contributed by atoms with Crippen molar-refractivity contribution in [2.45, 2.75) is 19.8 Å². The summed E-state index contributed by atoms with van der Waals surface area (Å²) in [6.45, 7) is 1.44. The van der Waals surface area contributed by atoms with Crippen LogP contribution >= 0.6 is 22.7 Å². The van der Waals surface area contributed by atoms with Crippen LogP contribution in [0, 0.1) is 0 Å². The lowest BCUT2D eigenvalue weighted by Gasteiger charge is -2.00. The van der Waals surface area contributed by atoms with Crippen LogP contribution in [0.3, 0.4) is 0 Å². The highest BCUT2D eigenvalue weighted by Gasteiger charge is 2.12. The molecule has 128 valence electrons. The van der Waals surface area contributed by atoms with Crippen LogP contribution in [0.15, 0.2) is 35.7 Å². The molecule has 3 aromatic rings. The van der Waals surface area contributed by atoms with Gasteiger partial charge in [0.05, 0.1) is 15.1 Å². The van der Waals surface area contributed by atoms with Crippen LogP contribution in [0.4, 0.5) is 10.8 Å². The van der Waals surface area contributed by atoms with E-state index in [9.17, 15) is 14.4 Å². The topological polar surface area (TPSA) is 88.2 Å². The summed E-state index contributed by atoms with van der Waals surface area (Å²) >= 11 is 2.70. The fourth-order valence-corrected chi connectivity index (χ4v) is 3.84. The maximum absolute atomic E-state index is 12.0. The molecule has 0 saturated heterocycles. The summed E-state index contributed by atoms with van der Waals surface area (Å²) in [6.07, 6.45) is 0.285. The van der Waals surface area contributed by atoms with E-state index in [1.54, 1.807) is 18.2 Å². The molecule has 2 heterocycles. The zero-order valence-electron chi connectivity index (χ0n) is 13.4. The average Bonchev–Trinajstić information content (AvgIpc) is 3.20. The number of nitrogens with one attached hydrogen (secondary N) is 2. The Labute approximate surface area is 151 Å². The molecule has 0 aliphatic heterocycles. The highest BCUT2D eigenvalue weighted by molar-refractivity contribution is 7.22. The van der Waals surface area contributed by atoms with Gasteiger partial charge in [0.2, 0.25) is 11.8 Å². The third kappa shape index (κ3) is 4.49. The second-order valence-corrected chi connectivity index (χ2v) is 7.31. The Morgan fingerprint density at radius 3 is 2.68 bits per heavy atom. The van der Waals surface area contributed by atoms with Crippen molar-refractivity contribution >= 4 is 61.3 Å². The molecule has 2 amide bonds. The fraction of sp³-hybridized carbons (Fsp3) is 0.176. The van der Waals surface area contributed by atoms with E-state index in [4.69, 9.17) is 0 Å². The molecule has 0 atom stereocenters. The summed E-state index contributed by atoms with van der Waals surface area (Å²) < 4.78 is 0.858. The monoisotopic (exact) mass is 373 g/mol. The number of nitrogens with zero attached hydrogens (tertiary/aromatic N) is 1. The standard InChI is InChI=1S/C17H15N3O3S2/c1-10(21)18-11-4-5-12-15(9-11)25-17(19-12)20-16(23)7-6-13(22)14-3-2-8-24-14/h2-5,8-9H,6-7H2,1H3,(H,18,21)(H,19,20,23). The Hall–Kier alpha value is -2.58. The number of Topliss-reactive ketones (excluding diaryl/α,β-unsaturated/α-hetero) is 1. The zero-order valence-corrected chi connectivity index (χ0v) is 15.0. The van der Waals surface area contributed by atoms with Gasteiger partial charge in [0.1, 0.15) is 0 Å². The number of hydrogen-bond acceptors (Lipinski definition) is 6. The third-order valence-electron chi connectivity index (χ3n) is 3.33. The molecule has 0 aliphatic carbocycles. The van der Waals surface area contributed by atoms with Crippen molar-refractivity contribution in [2.75, 3.05) is 10.6 Å². The number of hydrogen-bond donors (Lipinski definition) is 2. The van der Waals surface area contributed by atoms with Crippen LogP contribution in [-0.2, 0) is 9.59 Å². The number of fused-ring (bicyclic) bond motifs is 1. The average molecular weight is 373 g/mol. The van der Waals surface area contributed by atoms with Crippen LogP contribution in [-0.4, -0.2) is 22.6 Å². The van der Waals surface area contributed by atoms with Crippen LogP contribution in [0.5, 0.6) is 0 Å². The van der Waals surface area contributed by atoms with Gasteiger partial charge in [0.15, 0.2) is 10.9 Å². The van der Waals surface area contributed by atoms with Crippen molar-refractivity contribution in [1.29, 1.82) is 0 Å². The normalized spacial score (nSPS) is 10.6. The second kappa shape index (κ2) is 7.54. The first-order chi connectivity index (χ1) is 12.0. The van der Waals surface area contributed by atoms with E-state index in [2.05, 4.69) is 15.6 Å². The van der Waals surface area contributed by atoms with Crippen LogP contribution in [0.2, 0.25) is 0 Å². The maximum atomic E-state index is 12.0. The summed E-state index contributed by atoms with van der Waals surface area (Å²) in [5, 5.41) is 7.75. The maximum Gasteiger partial charge on any atom is 0.226 e. The minimum Gasteiger partial charge on any atom is -0.326 e. The van der Waals surface area contributed by atoms with Crippen LogP contribution in [0.25, 0.3) is 10.2 Å². The van der Waals surface area contributed by atoms with Gasteiger partial charge in [-0.3, -0.25) is 14.4 Å². The molecule has 0 fully saturated rings. The van der Waals surface area contributed by atoms with Gasteiger partial charge >= 0.3 is 0 Å². The van der Waals surface area contributed by atoms with Gasteiger partial charge in [0.25, 0.3) is 0 Å². The first-order valence-electron chi connectivity index (χ1n) is 7.56. The minimum atomic E-state index is -0.244. The summed E-state index contributed by atoms with van der Waals surface area (Å²) in [6, 6.07) is 8.92. The smallest absolute Gasteiger partial charge is 0.226 e. The fourth-order valence-electron chi connectivity index (χ4n) is 2.23. The van der Waals surface area contributed by atoms with E-state index >= 15 is 0 Å². The molecule has 2 aromatic heterocycles. The van der Waals surface area contributed by atoms with Gasteiger partial charge in [-0.05, 0) is 29.6 Å². The Morgan fingerprint density at radius 1 is 1.12 bits per heavy atom. The number of amides is 2. The molecular formula is C17H15N3O3S2. The lowest BCUT2D eigenvalue weighted by atomic mass is 10.2. The Bertz CT molecular complexity index is 932. The predicted octanol–water partition coefficient (Wildman–Crippen LogP) is 3.92. The van der Waals surface area contributed by atoms with Crippen molar-refractivity contribution in [3.63, 3.8) is 0 Å². The van der Waals surface area contributed by atoms with Gasteiger partial charge in [-0.2, -0.15) is 0 Å². The first kappa shape index (κ1) is 17.2. The molecule has 3 rings (SSSR count). The van der Waals surface area contributed by atoms with Crippen molar-refractivity contribution in [3.8, 4) is 0 Å². The van der Waals surface area contributed by atoms with E-state index in [1.807, 2.05) is 17.5 Å². The van der Waals surface area contributed by atoms with Gasteiger partial charge in [-0.1, -0.05) is 17.4 Å². The number of anilines is 2. The van der Waals surface area contributed by atoms with Gasteiger partial charge < -0.3 is 10.6 Å². The lowest BCUT2D eigenvalue weighted by molar-refractivity contribution is -0.116. The predicted molar refractivity (Wildman–Crippen MR) is 100 cm³/mol. The molecule has 0 spiro atoms. The summed E-state index contributed by atoms with van der Waals surface area (Å²) in [5.74, 6) is -0.423.